The SMILES string of the molecule is COc1ccc(-c2nn(C(=O)c3cccs3)cc2CO)cc1. The van der Waals surface area contributed by atoms with Crippen LogP contribution in [0.5, 0.6) is 5.75 Å². The summed E-state index contributed by atoms with van der Waals surface area (Å²) in [5.41, 5.74) is 2.02. The van der Waals surface area contributed by atoms with Gasteiger partial charge in [-0.2, -0.15) is 5.10 Å². The molecule has 0 saturated heterocycles. The van der Waals surface area contributed by atoms with Crippen LogP contribution in [-0.2, 0) is 6.61 Å². The number of nitrogens with zero attached hydrogens (tertiary/aromatic N) is 2. The van der Waals surface area contributed by atoms with Gasteiger partial charge in [0, 0.05) is 17.3 Å². The summed E-state index contributed by atoms with van der Waals surface area (Å²) < 4.78 is 6.40. The molecule has 0 bridgehead atoms. The standard InChI is InChI=1S/C16H14N2O3S/c1-21-13-6-4-11(5-7-13)15-12(10-19)9-18(17-15)16(20)14-3-2-8-22-14/h2-9,19H,10H2,1H3. The van der Waals surface area contributed by atoms with Gasteiger partial charge >= 0.3 is 0 Å². The van der Waals surface area contributed by atoms with E-state index in [0.29, 0.717) is 16.1 Å². The number of aliphatic hydroxyl groups excluding tert-OH is 1. The number of carbonyl (C=O) groups is 1. The zero-order chi connectivity index (χ0) is 15.5. The molecule has 22 heavy (non-hydrogen) atoms. The Labute approximate surface area is 131 Å². The molecule has 0 aliphatic heterocycles. The third-order valence-electron chi connectivity index (χ3n) is 3.26. The Bertz CT molecular complexity index is 776. The molecule has 0 fully saturated rings. The Balaban J connectivity index is 1.99. The minimum Gasteiger partial charge on any atom is -0.497 e. The van der Waals surface area contributed by atoms with Gasteiger partial charge in [-0.1, -0.05) is 6.07 Å². The maximum Gasteiger partial charge on any atom is 0.288 e. The summed E-state index contributed by atoms with van der Waals surface area (Å²) in [7, 11) is 1.60. The van der Waals surface area contributed by atoms with Crippen LogP contribution >= 0.6 is 11.3 Å². The van der Waals surface area contributed by atoms with Crippen LogP contribution in [0.1, 0.15) is 15.2 Å². The molecule has 0 unspecified atom stereocenters. The fourth-order valence-electron chi connectivity index (χ4n) is 2.13. The van der Waals surface area contributed by atoms with Gasteiger partial charge in [-0.3, -0.25) is 4.79 Å². The molecule has 0 saturated carbocycles. The van der Waals surface area contributed by atoms with E-state index in [0.717, 1.165) is 11.3 Å². The van der Waals surface area contributed by atoms with Crippen molar-refractivity contribution in [3.8, 4) is 17.0 Å². The molecule has 2 aromatic heterocycles. The second-order valence-electron chi connectivity index (χ2n) is 4.62. The highest BCUT2D eigenvalue weighted by Crippen LogP contribution is 2.25. The lowest BCUT2D eigenvalue weighted by atomic mass is 10.1. The van der Waals surface area contributed by atoms with Crippen molar-refractivity contribution in [3.63, 3.8) is 0 Å². The number of aromatic nitrogens is 2. The second kappa shape index (κ2) is 6.13. The number of ether oxygens (including phenoxy) is 1. The maximum absolute atomic E-state index is 12.3. The Kier molecular flexibility index (Phi) is 4.04. The second-order valence-corrected chi connectivity index (χ2v) is 5.56. The summed E-state index contributed by atoms with van der Waals surface area (Å²) >= 11 is 1.36. The summed E-state index contributed by atoms with van der Waals surface area (Å²) in [6.07, 6.45) is 1.57. The third-order valence-corrected chi connectivity index (χ3v) is 4.12. The highest BCUT2D eigenvalue weighted by Gasteiger charge is 2.16. The average Bonchev–Trinajstić information content (AvgIpc) is 3.23. The molecule has 0 aliphatic carbocycles. The van der Waals surface area contributed by atoms with E-state index in [2.05, 4.69) is 5.10 Å². The third kappa shape index (κ3) is 2.66. The molecule has 0 aliphatic rings. The molecule has 6 heteroatoms. The summed E-state index contributed by atoms with van der Waals surface area (Å²) in [5, 5.41) is 15.7. The first-order chi connectivity index (χ1) is 10.7. The molecule has 3 rings (SSSR count). The molecule has 0 atom stereocenters. The summed E-state index contributed by atoms with van der Waals surface area (Å²) in [5.74, 6) is 0.535. The van der Waals surface area contributed by atoms with Gasteiger partial charge < -0.3 is 9.84 Å². The van der Waals surface area contributed by atoms with Crippen LogP contribution in [0.3, 0.4) is 0 Å². The predicted molar refractivity (Wildman–Crippen MR) is 84.2 cm³/mol. The van der Waals surface area contributed by atoms with E-state index < -0.39 is 0 Å². The van der Waals surface area contributed by atoms with Gasteiger partial charge in [-0.15, -0.1) is 11.3 Å². The van der Waals surface area contributed by atoms with Crippen LogP contribution in [0.25, 0.3) is 11.3 Å². The Morgan fingerprint density at radius 1 is 1.32 bits per heavy atom. The van der Waals surface area contributed by atoms with Crippen molar-refractivity contribution in [1.29, 1.82) is 0 Å². The minimum atomic E-state index is -0.204. The molecule has 2 heterocycles. The first-order valence-corrected chi connectivity index (χ1v) is 7.53. The summed E-state index contributed by atoms with van der Waals surface area (Å²) in [4.78, 5) is 12.9. The number of hydrogen-bond acceptors (Lipinski definition) is 5. The molecule has 1 aromatic carbocycles. The number of rotatable bonds is 4. The molecular formula is C16H14N2O3S. The zero-order valence-electron chi connectivity index (χ0n) is 11.9. The van der Waals surface area contributed by atoms with E-state index in [1.807, 2.05) is 35.7 Å². The summed E-state index contributed by atoms with van der Waals surface area (Å²) in [6, 6.07) is 10.9. The molecule has 0 radical (unpaired) electrons. The van der Waals surface area contributed by atoms with Crippen LogP contribution in [0.2, 0.25) is 0 Å². The molecule has 0 spiro atoms. The van der Waals surface area contributed by atoms with Gasteiger partial charge in [0.15, 0.2) is 0 Å². The van der Waals surface area contributed by atoms with Crippen LogP contribution in [0.4, 0.5) is 0 Å². The lowest BCUT2D eigenvalue weighted by Crippen LogP contribution is -2.10. The lowest BCUT2D eigenvalue weighted by Gasteiger charge is -2.02. The number of hydrogen-bond donors (Lipinski definition) is 1. The van der Waals surface area contributed by atoms with Crippen LogP contribution in [0.15, 0.2) is 48.0 Å². The molecule has 5 nitrogen and oxygen atoms in total. The van der Waals surface area contributed by atoms with Gasteiger partial charge in [0.1, 0.15) is 5.75 Å². The topological polar surface area (TPSA) is 64.4 Å². The van der Waals surface area contributed by atoms with Crippen molar-refractivity contribution in [2.45, 2.75) is 6.61 Å². The number of thiophene rings is 1. The number of methoxy groups -OCH3 is 1. The van der Waals surface area contributed by atoms with Gasteiger partial charge in [-0.05, 0) is 35.7 Å². The van der Waals surface area contributed by atoms with Crippen LogP contribution < -0.4 is 4.74 Å². The molecule has 112 valence electrons. The molecule has 3 aromatic rings. The maximum atomic E-state index is 12.3. The monoisotopic (exact) mass is 314 g/mol. The lowest BCUT2D eigenvalue weighted by molar-refractivity contribution is 0.0949. The van der Waals surface area contributed by atoms with Gasteiger partial charge in [-0.25, -0.2) is 4.68 Å². The van der Waals surface area contributed by atoms with E-state index in [1.54, 1.807) is 19.4 Å². The van der Waals surface area contributed by atoms with Crippen molar-refractivity contribution < 1.29 is 14.6 Å². The van der Waals surface area contributed by atoms with E-state index in [9.17, 15) is 9.90 Å². The normalized spacial score (nSPS) is 10.6. The van der Waals surface area contributed by atoms with Gasteiger partial charge in [0.2, 0.25) is 0 Å². The highest BCUT2D eigenvalue weighted by molar-refractivity contribution is 7.12. The largest absolute Gasteiger partial charge is 0.497 e. The smallest absolute Gasteiger partial charge is 0.288 e. The number of carbonyl (C=O) groups excluding carboxylic acids is 1. The molecule has 0 amide bonds. The fourth-order valence-corrected chi connectivity index (χ4v) is 2.79. The highest BCUT2D eigenvalue weighted by atomic mass is 32.1. The first kappa shape index (κ1) is 14.5. The van der Waals surface area contributed by atoms with E-state index in [1.165, 1.54) is 16.0 Å². The van der Waals surface area contributed by atoms with Crippen LogP contribution in [0, 0.1) is 0 Å². The van der Waals surface area contributed by atoms with E-state index in [4.69, 9.17) is 4.74 Å². The first-order valence-electron chi connectivity index (χ1n) is 6.65. The Hall–Kier alpha value is -2.44. The van der Waals surface area contributed by atoms with E-state index in [-0.39, 0.29) is 12.5 Å². The van der Waals surface area contributed by atoms with Crippen molar-refractivity contribution in [1.82, 2.24) is 9.78 Å². The average molecular weight is 314 g/mol. The predicted octanol–water partition coefficient (Wildman–Crippen LogP) is 2.80. The quantitative estimate of drug-likeness (QED) is 0.804. The van der Waals surface area contributed by atoms with Gasteiger partial charge in [0.05, 0.1) is 24.3 Å². The van der Waals surface area contributed by atoms with E-state index >= 15 is 0 Å². The zero-order valence-corrected chi connectivity index (χ0v) is 12.7. The minimum absolute atomic E-state index is 0.181. The van der Waals surface area contributed by atoms with Crippen molar-refractivity contribution >= 4 is 17.2 Å². The fraction of sp³-hybridized carbons (Fsp3) is 0.125. The van der Waals surface area contributed by atoms with Crippen molar-refractivity contribution in [2.24, 2.45) is 0 Å². The van der Waals surface area contributed by atoms with Crippen molar-refractivity contribution in [2.75, 3.05) is 7.11 Å². The van der Waals surface area contributed by atoms with Crippen molar-refractivity contribution in [3.05, 3.63) is 58.4 Å². The molecular weight excluding hydrogens is 300 g/mol. The number of aliphatic hydroxyl groups is 1. The summed E-state index contributed by atoms with van der Waals surface area (Å²) in [6.45, 7) is -0.181. The number of benzene rings is 1. The Morgan fingerprint density at radius 2 is 2.09 bits per heavy atom. The van der Waals surface area contributed by atoms with Gasteiger partial charge in [0.25, 0.3) is 5.91 Å². The Morgan fingerprint density at radius 3 is 2.68 bits per heavy atom. The van der Waals surface area contributed by atoms with Crippen LogP contribution in [-0.4, -0.2) is 27.9 Å². The molecule has 1 N–H and O–H groups in total.